The first-order chi connectivity index (χ1) is 7.78. The van der Waals surface area contributed by atoms with E-state index in [1.165, 1.54) is 12.8 Å². The van der Waals surface area contributed by atoms with Gasteiger partial charge >= 0.3 is 5.97 Å². The van der Waals surface area contributed by atoms with Crippen molar-refractivity contribution in [2.75, 3.05) is 20.3 Å². The Labute approximate surface area is 96.7 Å². The Balaban J connectivity index is 1.67. The highest BCUT2D eigenvalue weighted by molar-refractivity contribution is 5.69. The molecule has 4 nitrogen and oxygen atoms in total. The third kappa shape index (κ3) is 3.19. The molecule has 2 saturated heterocycles. The summed E-state index contributed by atoms with van der Waals surface area (Å²) >= 11 is 0. The van der Waals surface area contributed by atoms with Gasteiger partial charge in [-0.05, 0) is 31.6 Å². The summed E-state index contributed by atoms with van der Waals surface area (Å²) in [5.41, 5.74) is 0. The van der Waals surface area contributed by atoms with E-state index in [4.69, 9.17) is 9.47 Å². The highest BCUT2D eigenvalue weighted by Crippen LogP contribution is 2.32. The summed E-state index contributed by atoms with van der Waals surface area (Å²) in [6.45, 7) is 0.871. The fourth-order valence-electron chi connectivity index (χ4n) is 2.88. The highest BCUT2D eigenvalue weighted by atomic mass is 16.6. The number of nitrogens with one attached hydrogen (secondary N) is 1. The van der Waals surface area contributed by atoms with E-state index < -0.39 is 0 Å². The molecule has 2 rings (SSSR count). The Kier molecular flexibility index (Phi) is 4.18. The van der Waals surface area contributed by atoms with Crippen molar-refractivity contribution in [3.8, 4) is 0 Å². The van der Waals surface area contributed by atoms with E-state index in [1.54, 1.807) is 7.11 Å². The number of hydrogen-bond donors (Lipinski definition) is 1. The predicted octanol–water partition coefficient (Wildman–Crippen LogP) is 1.10. The van der Waals surface area contributed by atoms with Crippen molar-refractivity contribution in [1.82, 2.24) is 5.32 Å². The van der Waals surface area contributed by atoms with Crippen LogP contribution in [0, 0.1) is 5.92 Å². The number of methoxy groups -OCH3 is 1. The van der Waals surface area contributed by atoms with E-state index in [2.05, 4.69) is 5.32 Å². The second-order valence-corrected chi connectivity index (χ2v) is 4.89. The van der Waals surface area contributed by atoms with E-state index in [-0.39, 0.29) is 5.97 Å². The van der Waals surface area contributed by atoms with E-state index in [1.807, 2.05) is 0 Å². The molecule has 0 spiro atoms. The molecule has 2 heterocycles. The summed E-state index contributed by atoms with van der Waals surface area (Å²) in [7, 11) is 1.61. The first-order valence-electron chi connectivity index (χ1n) is 6.18. The molecule has 2 bridgehead atoms. The van der Waals surface area contributed by atoms with Crippen LogP contribution < -0.4 is 5.32 Å². The van der Waals surface area contributed by atoms with Gasteiger partial charge in [0.15, 0.2) is 0 Å². The molecular weight excluding hydrogens is 206 g/mol. The van der Waals surface area contributed by atoms with Crippen molar-refractivity contribution in [3.05, 3.63) is 0 Å². The first kappa shape index (κ1) is 11.9. The van der Waals surface area contributed by atoms with E-state index in [0.717, 1.165) is 12.8 Å². The van der Waals surface area contributed by atoms with Crippen molar-refractivity contribution in [1.29, 1.82) is 0 Å². The van der Waals surface area contributed by atoms with Gasteiger partial charge in [-0.25, -0.2) is 0 Å². The van der Waals surface area contributed by atoms with E-state index in [0.29, 0.717) is 37.6 Å². The molecule has 2 atom stereocenters. The Bertz CT molecular complexity index is 232. The zero-order valence-electron chi connectivity index (χ0n) is 9.91. The maximum Gasteiger partial charge on any atom is 0.306 e. The molecule has 2 unspecified atom stereocenters. The number of rotatable bonds is 5. The molecule has 0 aliphatic carbocycles. The number of carbonyl (C=O) groups excluding carboxylic acids is 1. The Morgan fingerprint density at radius 1 is 1.25 bits per heavy atom. The standard InChI is InChI=1S/C12H21NO3/c1-15-4-5-16-12(14)8-9-6-10-2-3-11(7-9)13-10/h9-11,13H,2-8H2,1H3. The van der Waals surface area contributed by atoms with Crippen LogP contribution >= 0.6 is 0 Å². The fraction of sp³-hybridized carbons (Fsp3) is 0.917. The second-order valence-electron chi connectivity index (χ2n) is 4.89. The van der Waals surface area contributed by atoms with Gasteiger partial charge < -0.3 is 14.8 Å². The van der Waals surface area contributed by atoms with Crippen LogP contribution in [0.1, 0.15) is 32.1 Å². The van der Waals surface area contributed by atoms with Crippen LogP contribution in [-0.4, -0.2) is 38.4 Å². The van der Waals surface area contributed by atoms with Gasteiger partial charge in [0.2, 0.25) is 0 Å². The Morgan fingerprint density at radius 2 is 1.94 bits per heavy atom. The minimum absolute atomic E-state index is 0.0663. The van der Waals surface area contributed by atoms with Gasteiger partial charge in [0.1, 0.15) is 6.61 Å². The summed E-state index contributed by atoms with van der Waals surface area (Å²) in [6, 6.07) is 1.30. The van der Waals surface area contributed by atoms with Crippen LogP contribution in [-0.2, 0) is 14.3 Å². The number of piperidine rings is 1. The number of ether oxygens (including phenoxy) is 2. The van der Waals surface area contributed by atoms with Gasteiger partial charge in [-0.3, -0.25) is 4.79 Å². The Morgan fingerprint density at radius 3 is 2.56 bits per heavy atom. The Hall–Kier alpha value is -0.610. The lowest BCUT2D eigenvalue weighted by Crippen LogP contribution is -2.38. The first-order valence-corrected chi connectivity index (χ1v) is 6.18. The zero-order chi connectivity index (χ0) is 11.4. The van der Waals surface area contributed by atoms with E-state index in [9.17, 15) is 4.79 Å². The van der Waals surface area contributed by atoms with Crippen molar-refractivity contribution in [3.63, 3.8) is 0 Å². The molecule has 2 fully saturated rings. The molecule has 0 aromatic carbocycles. The van der Waals surface area contributed by atoms with E-state index >= 15 is 0 Å². The molecule has 0 radical (unpaired) electrons. The molecular formula is C12H21NO3. The van der Waals surface area contributed by atoms with Crippen LogP contribution in [0.3, 0.4) is 0 Å². The molecule has 0 amide bonds. The summed E-state index contributed by atoms with van der Waals surface area (Å²) in [5, 5.41) is 3.57. The number of carbonyl (C=O) groups is 1. The summed E-state index contributed by atoms with van der Waals surface area (Å²) in [5.74, 6) is 0.456. The molecule has 92 valence electrons. The van der Waals surface area contributed by atoms with Crippen LogP contribution in [0.5, 0.6) is 0 Å². The average molecular weight is 227 g/mol. The van der Waals surface area contributed by atoms with Crippen molar-refractivity contribution < 1.29 is 14.3 Å². The molecule has 16 heavy (non-hydrogen) atoms. The minimum atomic E-state index is -0.0663. The molecule has 0 aromatic heterocycles. The summed E-state index contributed by atoms with van der Waals surface area (Å²) in [6.07, 6.45) is 5.41. The van der Waals surface area contributed by atoms with Gasteiger partial charge in [-0.1, -0.05) is 0 Å². The largest absolute Gasteiger partial charge is 0.463 e. The zero-order valence-corrected chi connectivity index (χ0v) is 9.91. The quantitative estimate of drug-likeness (QED) is 0.564. The van der Waals surface area contributed by atoms with Crippen LogP contribution in [0.4, 0.5) is 0 Å². The average Bonchev–Trinajstić information content (AvgIpc) is 2.58. The number of hydrogen-bond acceptors (Lipinski definition) is 4. The molecule has 0 aromatic rings. The number of esters is 1. The SMILES string of the molecule is COCCOC(=O)CC1CC2CCC(C1)N2. The van der Waals surface area contributed by atoms with Crippen LogP contribution in [0.25, 0.3) is 0 Å². The molecule has 4 heteroatoms. The van der Waals surface area contributed by atoms with Gasteiger partial charge in [0.25, 0.3) is 0 Å². The van der Waals surface area contributed by atoms with Crippen molar-refractivity contribution in [2.45, 2.75) is 44.2 Å². The van der Waals surface area contributed by atoms with Crippen LogP contribution in [0.2, 0.25) is 0 Å². The minimum Gasteiger partial charge on any atom is -0.463 e. The highest BCUT2D eigenvalue weighted by Gasteiger charge is 2.34. The lowest BCUT2D eigenvalue weighted by Gasteiger charge is -2.28. The van der Waals surface area contributed by atoms with Crippen LogP contribution in [0.15, 0.2) is 0 Å². The summed E-state index contributed by atoms with van der Waals surface area (Å²) < 4.78 is 9.93. The molecule has 2 aliphatic heterocycles. The van der Waals surface area contributed by atoms with Gasteiger partial charge in [0.05, 0.1) is 6.61 Å². The smallest absolute Gasteiger partial charge is 0.306 e. The monoisotopic (exact) mass is 227 g/mol. The lowest BCUT2D eigenvalue weighted by molar-refractivity contribution is -0.146. The van der Waals surface area contributed by atoms with Crippen molar-refractivity contribution >= 4 is 5.97 Å². The normalized spacial score (nSPS) is 32.7. The number of fused-ring (bicyclic) bond motifs is 2. The molecule has 1 N–H and O–H groups in total. The third-order valence-corrected chi connectivity index (χ3v) is 3.58. The predicted molar refractivity (Wildman–Crippen MR) is 60.1 cm³/mol. The maximum atomic E-state index is 11.5. The maximum absolute atomic E-state index is 11.5. The lowest BCUT2D eigenvalue weighted by atomic mass is 9.90. The van der Waals surface area contributed by atoms with Gasteiger partial charge in [-0.15, -0.1) is 0 Å². The van der Waals surface area contributed by atoms with Crippen molar-refractivity contribution in [2.24, 2.45) is 5.92 Å². The fourth-order valence-corrected chi connectivity index (χ4v) is 2.88. The van der Waals surface area contributed by atoms with Gasteiger partial charge in [0, 0.05) is 25.6 Å². The second kappa shape index (κ2) is 5.64. The summed E-state index contributed by atoms with van der Waals surface area (Å²) in [4.78, 5) is 11.5. The molecule has 0 saturated carbocycles. The third-order valence-electron chi connectivity index (χ3n) is 3.58. The topological polar surface area (TPSA) is 47.6 Å². The molecule has 2 aliphatic rings. The van der Waals surface area contributed by atoms with Gasteiger partial charge in [-0.2, -0.15) is 0 Å².